The van der Waals surface area contributed by atoms with Crippen molar-refractivity contribution >= 4 is 45.0 Å². The third kappa shape index (κ3) is 7.37. The number of amides is 1. The number of carbonyl (C=O) groups is 1. The van der Waals surface area contributed by atoms with Crippen LogP contribution in [0.3, 0.4) is 0 Å². The van der Waals surface area contributed by atoms with Crippen LogP contribution < -0.4 is 14.4 Å². The summed E-state index contributed by atoms with van der Waals surface area (Å²) in [5.74, 6) is 0.990. The van der Waals surface area contributed by atoms with Gasteiger partial charge in [0.2, 0.25) is 15.9 Å². The Morgan fingerprint density at radius 1 is 1.32 bits per heavy atom. The molecule has 1 saturated carbocycles. The highest BCUT2D eigenvalue weighted by Gasteiger charge is 2.24. The van der Waals surface area contributed by atoms with E-state index in [4.69, 9.17) is 16.3 Å². The van der Waals surface area contributed by atoms with Gasteiger partial charge >= 0.3 is 0 Å². The van der Waals surface area contributed by atoms with Crippen molar-refractivity contribution in [2.45, 2.75) is 43.8 Å². The van der Waals surface area contributed by atoms with Crippen LogP contribution >= 0.6 is 23.4 Å². The second kappa shape index (κ2) is 11.2. The molecule has 0 atom stereocenters. The summed E-state index contributed by atoms with van der Waals surface area (Å²) in [6.45, 7) is 0.216. The van der Waals surface area contributed by atoms with Crippen LogP contribution in [0.2, 0.25) is 5.02 Å². The van der Waals surface area contributed by atoms with Crippen LogP contribution in [0.4, 0.5) is 5.69 Å². The summed E-state index contributed by atoms with van der Waals surface area (Å²) in [5, 5.41) is 3.93. The summed E-state index contributed by atoms with van der Waals surface area (Å²) in [6.07, 6.45) is 8.50. The highest BCUT2D eigenvalue weighted by Crippen LogP contribution is 2.32. The van der Waals surface area contributed by atoms with Gasteiger partial charge < -0.3 is 10.1 Å². The number of nitrogens with zero attached hydrogens (tertiary/aromatic N) is 1. The first kappa shape index (κ1) is 23.2. The van der Waals surface area contributed by atoms with Crippen molar-refractivity contribution < 1.29 is 17.9 Å². The Balaban J connectivity index is 1.87. The molecular weight excluding hydrogens is 420 g/mol. The Bertz CT molecular complexity index is 752. The lowest BCUT2D eigenvalue weighted by Gasteiger charge is -2.24. The van der Waals surface area contributed by atoms with Crippen molar-refractivity contribution in [3.63, 3.8) is 0 Å². The molecule has 1 aliphatic rings. The van der Waals surface area contributed by atoms with E-state index >= 15 is 0 Å². The molecule has 0 heterocycles. The highest BCUT2D eigenvalue weighted by molar-refractivity contribution is 7.99. The fourth-order valence-corrected chi connectivity index (χ4v) is 5.54. The molecule has 0 aromatic heterocycles. The van der Waals surface area contributed by atoms with E-state index in [1.165, 1.54) is 45.3 Å². The number of benzene rings is 1. The Morgan fingerprint density at radius 2 is 2.04 bits per heavy atom. The van der Waals surface area contributed by atoms with Crippen LogP contribution in [0.15, 0.2) is 18.2 Å². The van der Waals surface area contributed by atoms with Crippen molar-refractivity contribution in [1.82, 2.24) is 5.32 Å². The summed E-state index contributed by atoms with van der Waals surface area (Å²) in [7, 11) is -2.24. The molecule has 158 valence electrons. The second-order valence-electron chi connectivity index (χ2n) is 6.92. The molecule has 2 rings (SSSR count). The average molecular weight is 449 g/mol. The predicted octanol–water partition coefficient (Wildman–Crippen LogP) is 3.69. The number of hydrogen-bond donors (Lipinski definition) is 1. The van der Waals surface area contributed by atoms with E-state index in [-0.39, 0.29) is 18.1 Å². The third-order valence-corrected chi connectivity index (χ3v) is 7.47. The van der Waals surface area contributed by atoms with Crippen LogP contribution in [-0.4, -0.2) is 51.8 Å². The number of thioether (sulfide) groups is 1. The van der Waals surface area contributed by atoms with Crippen LogP contribution in [0, 0.1) is 0 Å². The number of hydrogen-bond acceptors (Lipinski definition) is 5. The monoisotopic (exact) mass is 448 g/mol. The van der Waals surface area contributed by atoms with Crippen LogP contribution in [0.1, 0.15) is 38.5 Å². The molecule has 0 spiro atoms. The van der Waals surface area contributed by atoms with E-state index < -0.39 is 10.0 Å². The van der Waals surface area contributed by atoms with Gasteiger partial charge in [-0.3, -0.25) is 9.10 Å². The van der Waals surface area contributed by atoms with Crippen LogP contribution in [0.5, 0.6) is 5.75 Å². The van der Waals surface area contributed by atoms with E-state index in [2.05, 4.69) is 5.32 Å². The molecule has 28 heavy (non-hydrogen) atoms. The number of sulfonamides is 1. The number of carbonyl (C=O) groups excluding carboxylic acids is 1. The summed E-state index contributed by atoms with van der Waals surface area (Å²) in [4.78, 5) is 12.3. The van der Waals surface area contributed by atoms with E-state index in [1.807, 2.05) is 11.8 Å². The minimum atomic E-state index is -3.68. The van der Waals surface area contributed by atoms with Crippen molar-refractivity contribution in [2.75, 3.05) is 36.5 Å². The highest BCUT2D eigenvalue weighted by atomic mass is 35.5. The lowest BCUT2D eigenvalue weighted by atomic mass is 10.0. The molecule has 0 unspecified atom stereocenters. The molecule has 1 aromatic carbocycles. The first-order valence-corrected chi connectivity index (χ1v) is 12.8. The molecule has 0 saturated heterocycles. The Labute approximate surface area is 177 Å². The number of anilines is 1. The summed E-state index contributed by atoms with van der Waals surface area (Å²) in [5.41, 5.74) is 0.250. The summed E-state index contributed by atoms with van der Waals surface area (Å²) < 4.78 is 30.7. The Morgan fingerprint density at radius 3 is 2.68 bits per heavy atom. The van der Waals surface area contributed by atoms with E-state index in [0.717, 1.165) is 28.0 Å². The summed E-state index contributed by atoms with van der Waals surface area (Å²) in [6, 6.07) is 4.67. The normalized spacial score (nSPS) is 15.2. The number of halogens is 1. The molecule has 0 bridgehead atoms. The maximum Gasteiger partial charge on any atom is 0.240 e. The fourth-order valence-electron chi connectivity index (χ4n) is 3.21. The van der Waals surface area contributed by atoms with E-state index in [1.54, 1.807) is 12.1 Å². The molecule has 1 aliphatic carbocycles. The van der Waals surface area contributed by atoms with Crippen molar-refractivity contribution in [3.8, 4) is 5.75 Å². The quantitative estimate of drug-likeness (QED) is 0.552. The molecule has 1 aromatic rings. The van der Waals surface area contributed by atoms with Gasteiger partial charge in [0.15, 0.2) is 0 Å². The number of methoxy groups -OCH3 is 1. The minimum absolute atomic E-state index is 0.250. The topological polar surface area (TPSA) is 75.7 Å². The molecule has 9 heteroatoms. The van der Waals surface area contributed by atoms with Crippen molar-refractivity contribution in [2.24, 2.45) is 0 Å². The van der Waals surface area contributed by atoms with Gasteiger partial charge in [-0.2, -0.15) is 11.8 Å². The molecule has 1 N–H and O–H groups in total. The third-order valence-electron chi connectivity index (χ3n) is 4.65. The molecule has 0 radical (unpaired) electrons. The lowest BCUT2D eigenvalue weighted by Crippen LogP contribution is -2.40. The molecule has 6 nitrogen and oxygen atoms in total. The van der Waals surface area contributed by atoms with Crippen molar-refractivity contribution in [1.29, 1.82) is 0 Å². The van der Waals surface area contributed by atoms with Crippen LogP contribution in [0.25, 0.3) is 0 Å². The van der Waals surface area contributed by atoms with Gasteiger partial charge in [0, 0.05) is 16.8 Å². The first-order valence-electron chi connectivity index (χ1n) is 9.51. The van der Waals surface area contributed by atoms with Crippen LogP contribution in [-0.2, 0) is 14.8 Å². The zero-order chi connectivity index (χ0) is 20.6. The van der Waals surface area contributed by atoms with Gasteiger partial charge in [-0.15, -0.1) is 0 Å². The molecule has 0 aliphatic heterocycles. The first-order chi connectivity index (χ1) is 13.3. The Kier molecular flexibility index (Phi) is 9.24. The average Bonchev–Trinajstić information content (AvgIpc) is 2.65. The maximum absolute atomic E-state index is 12.3. The van der Waals surface area contributed by atoms with E-state index in [0.29, 0.717) is 17.3 Å². The summed E-state index contributed by atoms with van der Waals surface area (Å²) >= 11 is 7.99. The van der Waals surface area contributed by atoms with Gasteiger partial charge in [-0.05, 0) is 43.2 Å². The second-order valence-corrected chi connectivity index (χ2v) is 10.7. The fraction of sp³-hybridized carbons (Fsp3) is 0.632. The lowest BCUT2D eigenvalue weighted by molar-refractivity contribution is -0.119. The van der Waals surface area contributed by atoms with Gasteiger partial charge in [-0.1, -0.05) is 30.9 Å². The van der Waals surface area contributed by atoms with Gasteiger partial charge in [0.25, 0.3) is 0 Å². The maximum atomic E-state index is 12.3. The van der Waals surface area contributed by atoms with Gasteiger partial charge in [-0.25, -0.2) is 8.42 Å². The van der Waals surface area contributed by atoms with Crippen molar-refractivity contribution in [3.05, 3.63) is 23.2 Å². The number of rotatable bonds is 10. The Hall–Kier alpha value is -1.12. The minimum Gasteiger partial charge on any atom is -0.495 e. The number of ether oxygens (including phenoxy) is 1. The zero-order valence-corrected chi connectivity index (χ0v) is 18.8. The number of nitrogens with one attached hydrogen (secondary N) is 1. The largest absolute Gasteiger partial charge is 0.495 e. The van der Waals surface area contributed by atoms with E-state index in [9.17, 15) is 13.2 Å². The SMILES string of the molecule is COc1ccc(Cl)cc1N(CC(=O)NCCCSC1CCCCC1)S(C)(=O)=O. The zero-order valence-electron chi connectivity index (χ0n) is 16.4. The van der Waals surface area contributed by atoms with Gasteiger partial charge in [0.1, 0.15) is 12.3 Å². The molecular formula is C19H29ClN2O4S2. The smallest absolute Gasteiger partial charge is 0.240 e. The molecule has 1 fully saturated rings. The predicted molar refractivity (Wildman–Crippen MR) is 117 cm³/mol. The van der Waals surface area contributed by atoms with Gasteiger partial charge in [0.05, 0.1) is 19.1 Å². The molecule has 1 amide bonds. The standard InChI is InChI=1S/C19H29ClN2O4S2/c1-26-18-10-9-15(20)13-17(18)22(28(2,24)25)14-19(23)21-11-6-12-27-16-7-4-3-5-8-16/h9-10,13,16H,3-8,11-12,14H2,1-2H3,(H,21,23).